The van der Waals surface area contributed by atoms with Crippen molar-refractivity contribution in [2.24, 2.45) is 5.73 Å². The summed E-state index contributed by atoms with van der Waals surface area (Å²) in [6.45, 7) is -0.374. The normalized spacial score (nSPS) is 19.5. The van der Waals surface area contributed by atoms with Gasteiger partial charge in [0.1, 0.15) is 29.3 Å². The van der Waals surface area contributed by atoms with Crippen molar-refractivity contribution in [1.82, 2.24) is 19.7 Å². The lowest BCUT2D eigenvalue weighted by Gasteiger charge is -2.31. The Kier molecular flexibility index (Phi) is 6.45. The molecule has 1 aliphatic carbocycles. The molecule has 1 aliphatic heterocycles. The van der Waals surface area contributed by atoms with Gasteiger partial charge < -0.3 is 25.3 Å². The number of benzene rings is 1. The number of nitrogens with one attached hydrogen (secondary N) is 1. The van der Waals surface area contributed by atoms with Crippen LogP contribution in [0.3, 0.4) is 0 Å². The number of nitrogens with two attached hydrogens (primary N) is 1. The van der Waals surface area contributed by atoms with Crippen LogP contribution in [0.1, 0.15) is 53.0 Å². The molecule has 4 aromatic rings. The van der Waals surface area contributed by atoms with E-state index in [1.165, 1.54) is 29.7 Å². The predicted molar refractivity (Wildman–Crippen MR) is 141 cm³/mol. The Hall–Kier alpha value is -4.59. The maximum Gasteiger partial charge on any atom is 0.424 e. The summed E-state index contributed by atoms with van der Waals surface area (Å²) in [6.07, 6.45) is -0.807. The van der Waals surface area contributed by atoms with Gasteiger partial charge in [-0.3, -0.25) is 9.59 Å². The number of pyridine rings is 2. The van der Waals surface area contributed by atoms with E-state index in [9.17, 15) is 36.6 Å². The van der Waals surface area contributed by atoms with Gasteiger partial charge in [0.15, 0.2) is 11.5 Å². The lowest BCUT2D eigenvalue weighted by molar-refractivity contribution is -0.265. The van der Waals surface area contributed by atoms with E-state index in [0.29, 0.717) is 5.69 Å². The molecule has 2 aliphatic rings. The molecule has 1 saturated carbocycles. The molecule has 0 unspecified atom stereocenters. The first-order chi connectivity index (χ1) is 20.2. The fraction of sp³-hybridized carbons (Fsp3) is 0.310. The summed E-state index contributed by atoms with van der Waals surface area (Å²) in [4.78, 5) is 33.6. The van der Waals surface area contributed by atoms with Crippen LogP contribution in [0.4, 0.5) is 22.0 Å². The number of primary amides is 1. The number of aromatic nitrogens is 3. The van der Waals surface area contributed by atoms with E-state index < -0.39 is 52.9 Å². The number of amides is 2. The van der Waals surface area contributed by atoms with Gasteiger partial charge in [0, 0.05) is 29.4 Å². The summed E-state index contributed by atoms with van der Waals surface area (Å²) < 4.78 is 79.1. The highest BCUT2D eigenvalue weighted by molar-refractivity contribution is 5.94. The molecule has 4 N–H and O–H groups in total. The van der Waals surface area contributed by atoms with Crippen molar-refractivity contribution < 1.29 is 41.4 Å². The molecule has 3 aromatic heterocycles. The maximum absolute atomic E-state index is 14.8. The number of carbonyl (C=O) groups excluding carboxylic acids is 2. The van der Waals surface area contributed by atoms with Crippen LogP contribution in [0.2, 0.25) is 0 Å². The van der Waals surface area contributed by atoms with E-state index in [4.69, 9.17) is 10.5 Å². The second-order valence-corrected chi connectivity index (χ2v) is 11.0. The van der Waals surface area contributed by atoms with Crippen molar-refractivity contribution in [2.75, 3.05) is 13.2 Å². The molecular formula is C29H24F5N5O4. The van der Waals surface area contributed by atoms with Crippen LogP contribution in [0, 0.1) is 11.6 Å². The maximum atomic E-state index is 14.8. The Balaban J connectivity index is 1.39. The fourth-order valence-electron chi connectivity index (χ4n) is 5.02. The molecule has 0 bridgehead atoms. The number of aliphatic hydroxyl groups is 1. The number of fused-ring (bicyclic) bond motifs is 2. The highest BCUT2D eigenvalue weighted by Gasteiger charge is 2.57. The van der Waals surface area contributed by atoms with E-state index >= 15 is 0 Å². The van der Waals surface area contributed by atoms with Crippen molar-refractivity contribution in [3.63, 3.8) is 0 Å². The van der Waals surface area contributed by atoms with E-state index in [-0.39, 0.29) is 46.3 Å². The van der Waals surface area contributed by atoms with Crippen LogP contribution in [0.5, 0.6) is 5.75 Å². The van der Waals surface area contributed by atoms with Gasteiger partial charge in [0.05, 0.1) is 23.5 Å². The first kappa shape index (κ1) is 28.5. The average Bonchev–Trinajstić information content (AvgIpc) is 3.62. The number of ether oxygens (including phenoxy) is 1. The van der Waals surface area contributed by atoms with Gasteiger partial charge in [-0.25, -0.2) is 18.7 Å². The minimum absolute atomic E-state index is 0.0272. The summed E-state index contributed by atoms with van der Waals surface area (Å²) >= 11 is 0. The number of rotatable bonds is 7. The van der Waals surface area contributed by atoms with Crippen LogP contribution >= 0.6 is 0 Å². The van der Waals surface area contributed by atoms with Crippen molar-refractivity contribution in [3.8, 4) is 17.0 Å². The number of hydrogen-bond acceptors (Lipinski definition) is 6. The molecule has 1 fully saturated rings. The second-order valence-electron chi connectivity index (χ2n) is 11.0. The lowest BCUT2D eigenvalue weighted by atomic mass is 9.81. The zero-order valence-corrected chi connectivity index (χ0v) is 22.5. The Morgan fingerprint density at radius 2 is 1.84 bits per heavy atom. The van der Waals surface area contributed by atoms with Gasteiger partial charge in [0.2, 0.25) is 11.5 Å². The second kappa shape index (κ2) is 9.73. The quantitative estimate of drug-likeness (QED) is 0.276. The third-order valence-corrected chi connectivity index (χ3v) is 7.91. The molecule has 14 heteroatoms. The molecule has 2 atom stereocenters. The number of alkyl halides is 3. The molecule has 1 aromatic carbocycles. The predicted octanol–water partition coefficient (Wildman–Crippen LogP) is 3.87. The first-order valence-electron chi connectivity index (χ1n) is 13.2. The van der Waals surface area contributed by atoms with E-state index in [2.05, 4.69) is 9.97 Å². The SMILES string of the molecule is C[C@]1(C(N)=O)COc2c1cc([C@@](O)(CNC(=O)c1cc(F)c3nc(C4CC4)cn3c1)C(F)(F)F)nc2-c1ccc(F)cc1. The van der Waals surface area contributed by atoms with Crippen molar-refractivity contribution in [1.29, 1.82) is 0 Å². The van der Waals surface area contributed by atoms with E-state index in [1.54, 1.807) is 6.20 Å². The van der Waals surface area contributed by atoms with Crippen molar-refractivity contribution in [3.05, 3.63) is 82.9 Å². The summed E-state index contributed by atoms with van der Waals surface area (Å²) in [5.74, 6) is -3.34. The number of imidazole rings is 1. The third kappa shape index (κ3) is 4.75. The topological polar surface area (TPSA) is 132 Å². The highest BCUT2D eigenvalue weighted by Crippen LogP contribution is 2.47. The fourth-order valence-corrected chi connectivity index (χ4v) is 5.02. The Morgan fingerprint density at radius 3 is 2.47 bits per heavy atom. The number of nitrogens with zero attached hydrogens (tertiary/aromatic N) is 3. The van der Waals surface area contributed by atoms with Crippen molar-refractivity contribution >= 4 is 17.5 Å². The van der Waals surface area contributed by atoms with Crippen LogP contribution in [-0.4, -0.2) is 50.6 Å². The van der Waals surface area contributed by atoms with Crippen LogP contribution in [0.25, 0.3) is 16.9 Å². The Bertz CT molecular complexity index is 1790. The van der Waals surface area contributed by atoms with E-state index in [0.717, 1.165) is 37.1 Å². The van der Waals surface area contributed by atoms with E-state index in [1.807, 2.05) is 5.32 Å². The third-order valence-electron chi connectivity index (χ3n) is 7.91. The van der Waals surface area contributed by atoms with Crippen molar-refractivity contribution in [2.45, 2.75) is 42.9 Å². The molecule has 6 rings (SSSR count). The number of carbonyl (C=O) groups is 2. The molecule has 43 heavy (non-hydrogen) atoms. The van der Waals surface area contributed by atoms with Gasteiger partial charge in [0.25, 0.3) is 5.91 Å². The minimum Gasteiger partial charge on any atom is -0.489 e. The molecule has 9 nitrogen and oxygen atoms in total. The molecular weight excluding hydrogens is 577 g/mol. The molecule has 2 amide bonds. The van der Waals surface area contributed by atoms with Gasteiger partial charge in [-0.05, 0) is 56.2 Å². The molecule has 0 radical (unpaired) electrons. The minimum atomic E-state index is -5.40. The monoisotopic (exact) mass is 601 g/mol. The van der Waals surface area contributed by atoms with Crippen LogP contribution < -0.4 is 15.8 Å². The molecule has 4 heterocycles. The zero-order chi connectivity index (χ0) is 30.9. The average molecular weight is 602 g/mol. The smallest absolute Gasteiger partial charge is 0.424 e. The Morgan fingerprint density at radius 1 is 1.14 bits per heavy atom. The standard InChI is InChI=1S/C29H24F5N5O4/c1-27(26(35)41)13-43-23-18(27)9-21(38-22(23)15-4-6-17(30)7-5-15)28(42,29(32,33)34)12-36-25(40)16-8-19(31)24-37-20(14-2-3-14)11-39(24)10-16/h4-11,14,42H,2-3,12-13H2,1H3,(H2,35,41)(H,36,40)/t27-,28-/m0/s1. The van der Waals surface area contributed by atoms with Gasteiger partial charge in [-0.2, -0.15) is 13.2 Å². The zero-order valence-electron chi connectivity index (χ0n) is 22.5. The largest absolute Gasteiger partial charge is 0.489 e. The molecule has 0 saturated heterocycles. The summed E-state index contributed by atoms with van der Waals surface area (Å²) in [5, 5.41) is 13.2. The first-order valence-corrected chi connectivity index (χ1v) is 13.2. The molecule has 0 spiro atoms. The highest BCUT2D eigenvalue weighted by atomic mass is 19.4. The molecule has 224 valence electrons. The summed E-state index contributed by atoms with van der Waals surface area (Å²) in [5.41, 5.74) is -0.605. The van der Waals surface area contributed by atoms with Gasteiger partial charge >= 0.3 is 6.18 Å². The van der Waals surface area contributed by atoms with Gasteiger partial charge in [-0.1, -0.05) is 0 Å². The summed E-state index contributed by atoms with van der Waals surface area (Å²) in [6, 6.07) is 6.30. The van der Waals surface area contributed by atoms with Gasteiger partial charge in [-0.15, -0.1) is 0 Å². The lowest BCUT2D eigenvalue weighted by Crippen LogP contribution is -2.51. The van der Waals surface area contributed by atoms with Crippen LogP contribution in [0.15, 0.2) is 48.8 Å². The number of halogens is 5. The summed E-state index contributed by atoms with van der Waals surface area (Å²) in [7, 11) is 0. The Labute approximate surface area is 240 Å². The van der Waals surface area contributed by atoms with Crippen LogP contribution in [-0.2, 0) is 15.8 Å². The number of hydrogen-bond donors (Lipinski definition) is 3.